The maximum absolute atomic E-state index is 10.4. The first-order chi connectivity index (χ1) is 9.01. The zero-order valence-electron chi connectivity index (χ0n) is 10.9. The van der Waals surface area contributed by atoms with Crippen LogP contribution in [0.25, 0.3) is 0 Å². The van der Waals surface area contributed by atoms with E-state index < -0.39 is 11.9 Å². The predicted octanol–water partition coefficient (Wildman–Crippen LogP) is 1.18. The average Bonchev–Trinajstić information content (AvgIpc) is 2.43. The summed E-state index contributed by atoms with van der Waals surface area (Å²) < 4.78 is 13.5. The molecule has 19 heavy (non-hydrogen) atoms. The smallest absolute Gasteiger partial charge is 0.330 e. The Morgan fingerprint density at radius 3 is 1.32 bits per heavy atom. The molecule has 6 nitrogen and oxygen atoms in total. The van der Waals surface area contributed by atoms with E-state index in [0.717, 1.165) is 18.2 Å². The van der Waals surface area contributed by atoms with Gasteiger partial charge in [0.1, 0.15) is 13.2 Å². The van der Waals surface area contributed by atoms with Crippen molar-refractivity contribution in [3.8, 4) is 0 Å². The Bertz CT molecular complexity index is 310. The highest BCUT2D eigenvalue weighted by atomic mass is 16.6. The molecule has 0 aromatic carbocycles. The molecular weight excluding hydrogens is 252 g/mol. The fourth-order valence-electron chi connectivity index (χ4n) is 0.604. The van der Waals surface area contributed by atoms with Crippen molar-refractivity contribution in [2.45, 2.75) is 6.92 Å². The SMILES string of the molecule is C=CC(=O)OCC.C=CC(=O)OCCOC(=O)C=C. The summed E-state index contributed by atoms with van der Waals surface area (Å²) in [6.45, 7) is 11.8. The van der Waals surface area contributed by atoms with Gasteiger partial charge < -0.3 is 14.2 Å². The lowest BCUT2D eigenvalue weighted by molar-refractivity contribution is -0.146. The van der Waals surface area contributed by atoms with Gasteiger partial charge in [0, 0.05) is 18.2 Å². The minimum atomic E-state index is -0.537. The molecule has 0 spiro atoms. The summed E-state index contributed by atoms with van der Waals surface area (Å²) in [5.74, 6) is -1.43. The molecule has 0 N–H and O–H groups in total. The standard InChI is InChI=1S/C8H10O4.C5H8O2/c1-3-7(9)11-5-6-12-8(10)4-2;1-3-5(6)7-4-2/h3-4H,1-2,5-6H2;3H,1,4H2,2H3. The summed E-state index contributed by atoms with van der Waals surface area (Å²) in [6.07, 6.45) is 3.22. The summed E-state index contributed by atoms with van der Waals surface area (Å²) in [5, 5.41) is 0. The predicted molar refractivity (Wildman–Crippen MR) is 69.1 cm³/mol. The number of esters is 3. The fourth-order valence-corrected chi connectivity index (χ4v) is 0.604. The first kappa shape index (κ1) is 19.0. The van der Waals surface area contributed by atoms with Gasteiger partial charge in [0.2, 0.25) is 0 Å². The molecule has 0 aliphatic carbocycles. The third-order valence-electron chi connectivity index (χ3n) is 1.36. The first-order valence-electron chi connectivity index (χ1n) is 5.39. The molecule has 0 saturated heterocycles. The number of hydrogen-bond acceptors (Lipinski definition) is 6. The van der Waals surface area contributed by atoms with Crippen LogP contribution in [-0.2, 0) is 28.6 Å². The van der Waals surface area contributed by atoms with Crippen LogP contribution >= 0.6 is 0 Å². The van der Waals surface area contributed by atoms with Gasteiger partial charge in [-0.1, -0.05) is 19.7 Å². The number of carbonyl (C=O) groups is 3. The molecule has 0 radical (unpaired) electrons. The highest BCUT2D eigenvalue weighted by Crippen LogP contribution is 1.82. The van der Waals surface area contributed by atoms with Gasteiger partial charge in [-0.25, -0.2) is 14.4 Å². The van der Waals surface area contributed by atoms with Gasteiger partial charge >= 0.3 is 17.9 Å². The van der Waals surface area contributed by atoms with Gasteiger partial charge in [-0.15, -0.1) is 0 Å². The molecule has 6 heteroatoms. The molecule has 0 atom stereocenters. The maximum Gasteiger partial charge on any atom is 0.330 e. The van der Waals surface area contributed by atoms with Crippen molar-refractivity contribution < 1.29 is 28.6 Å². The van der Waals surface area contributed by atoms with Crippen LogP contribution in [0.2, 0.25) is 0 Å². The van der Waals surface area contributed by atoms with Crippen molar-refractivity contribution >= 4 is 17.9 Å². The molecule has 0 aromatic rings. The van der Waals surface area contributed by atoms with Gasteiger partial charge in [0.25, 0.3) is 0 Å². The molecule has 0 heterocycles. The van der Waals surface area contributed by atoms with Crippen molar-refractivity contribution in [3.05, 3.63) is 38.0 Å². The average molecular weight is 270 g/mol. The summed E-state index contributed by atoms with van der Waals surface area (Å²) in [6, 6.07) is 0. The molecular formula is C13H18O6. The quantitative estimate of drug-likeness (QED) is 0.299. The molecule has 0 aliphatic rings. The Kier molecular flexibility index (Phi) is 13.7. The third-order valence-corrected chi connectivity index (χ3v) is 1.36. The monoisotopic (exact) mass is 270 g/mol. The van der Waals surface area contributed by atoms with Crippen LogP contribution in [0.5, 0.6) is 0 Å². The lowest BCUT2D eigenvalue weighted by atomic mass is 10.6. The zero-order valence-corrected chi connectivity index (χ0v) is 10.9. The van der Waals surface area contributed by atoms with Gasteiger partial charge in [-0.05, 0) is 6.92 Å². The molecule has 0 unspecified atom stereocenters. The Labute approximate surface area is 112 Å². The minimum absolute atomic E-state index is 0.0322. The van der Waals surface area contributed by atoms with Gasteiger partial charge in [0.15, 0.2) is 0 Å². The van der Waals surface area contributed by atoms with E-state index in [1.165, 1.54) is 0 Å². The van der Waals surface area contributed by atoms with E-state index in [4.69, 9.17) is 0 Å². The summed E-state index contributed by atoms with van der Waals surface area (Å²) in [4.78, 5) is 30.9. The van der Waals surface area contributed by atoms with Crippen LogP contribution in [0.3, 0.4) is 0 Å². The number of ether oxygens (including phenoxy) is 3. The van der Waals surface area contributed by atoms with E-state index in [1.807, 2.05) is 0 Å². The van der Waals surface area contributed by atoms with E-state index in [2.05, 4.69) is 33.9 Å². The largest absolute Gasteiger partial charge is 0.463 e. The van der Waals surface area contributed by atoms with Gasteiger partial charge in [-0.3, -0.25) is 0 Å². The Morgan fingerprint density at radius 2 is 1.11 bits per heavy atom. The number of hydrogen-bond donors (Lipinski definition) is 0. The normalized spacial score (nSPS) is 8.05. The van der Waals surface area contributed by atoms with Crippen LogP contribution in [-0.4, -0.2) is 37.7 Å². The van der Waals surface area contributed by atoms with E-state index in [9.17, 15) is 14.4 Å². The second-order valence-electron chi connectivity index (χ2n) is 2.70. The van der Waals surface area contributed by atoms with Crippen molar-refractivity contribution in [2.24, 2.45) is 0 Å². The second kappa shape index (κ2) is 13.7. The Morgan fingerprint density at radius 1 is 0.789 bits per heavy atom. The maximum atomic E-state index is 10.4. The molecule has 0 aromatic heterocycles. The lowest BCUT2D eigenvalue weighted by Gasteiger charge is -2.01. The Hall–Kier alpha value is -2.37. The molecule has 106 valence electrons. The second-order valence-corrected chi connectivity index (χ2v) is 2.70. The summed E-state index contributed by atoms with van der Waals surface area (Å²) >= 11 is 0. The lowest BCUT2D eigenvalue weighted by Crippen LogP contribution is -2.10. The number of rotatable bonds is 7. The Balaban J connectivity index is 0. The van der Waals surface area contributed by atoms with E-state index >= 15 is 0 Å². The van der Waals surface area contributed by atoms with Crippen LogP contribution < -0.4 is 0 Å². The van der Waals surface area contributed by atoms with E-state index in [0.29, 0.717) is 6.61 Å². The number of carbonyl (C=O) groups excluding carboxylic acids is 3. The summed E-state index contributed by atoms with van der Waals surface area (Å²) in [5.41, 5.74) is 0. The first-order valence-corrected chi connectivity index (χ1v) is 5.39. The van der Waals surface area contributed by atoms with Gasteiger partial charge in [-0.2, -0.15) is 0 Å². The summed E-state index contributed by atoms with van der Waals surface area (Å²) in [7, 11) is 0. The minimum Gasteiger partial charge on any atom is -0.463 e. The van der Waals surface area contributed by atoms with Crippen LogP contribution in [0.4, 0.5) is 0 Å². The van der Waals surface area contributed by atoms with Gasteiger partial charge in [0.05, 0.1) is 6.61 Å². The van der Waals surface area contributed by atoms with Crippen LogP contribution in [0, 0.1) is 0 Å². The van der Waals surface area contributed by atoms with Crippen molar-refractivity contribution in [1.29, 1.82) is 0 Å². The highest BCUT2D eigenvalue weighted by Gasteiger charge is 1.97. The fraction of sp³-hybridized carbons (Fsp3) is 0.308. The van der Waals surface area contributed by atoms with E-state index in [-0.39, 0.29) is 19.2 Å². The van der Waals surface area contributed by atoms with E-state index in [1.54, 1.807) is 6.92 Å². The topological polar surface area (TPSA) is 78.9 Å². The van der Waals surface area contributed by atoms with Crippen LogP contribution in [0.15, 0.2) is 38.0 Å². The molecule has 0 fully saturated rings. The zero-order chi connectivity index (χ0) is 15.1. The molecule has 0 saturated carbocycles. The molecule has 0 rings (SSSR count). The van der Waals surface area contributed by atoms with Crippen LogP contribution in [0.1, 0.15) is 6.92 Å². The van der Waals surface area contributed by atoms with Crippen molar-refractivity contribution in [3.63, 3.8) is 0 Å². The van der Waals surface area contributed by atoms with Crippen molar-refractivity contribution in [1.82, 2.24) is 0 Å². The van der Waals surface area contributed by atoms with Crippen molar-refractivity contribution in [2.75, 3.05) is 19.8 Å². The molecule has 0 bridgehead atoms. The highest BCUT2D eigenvalue weighted by molar-refractivity contribution is 5.82. The third kappa shape index (κ3) is 15.6. The molecule has 0 aliphatic heterocycles. The molecule has 0 amide bonds.